The van der Waals surface area contributed by atoms with Crippen LogP contribution in [0, 0.1) is 5.92 Å². The summed E-state index contributed by atoms with van der Waals surface area (Å²) in [5.74, 6) is 0.775. The summed E-state index contributed by atoms with van der Waals surface area (Å²) in [5, 5.41) is 0. The fourth-order valence-electron chi connectivity index (χ4n) is 1.86. The summed E-state index contributed by atoms with van der Waals surface area (Å²) in [4.78, 5) is 0. The average molecular weight is 298 g/mol. The van der Waals surface area contributed by atoms with E-state index in [2.05, 4.69) is 35.0 Å². The Bertz CT molecular complexity index is 348. The maximum absolute atomic E-state index is 6.16. The van der Waals surface area contributed by atoms with Crippen LogP contribution in [0.25, 0.3) is 0 Å². The number of halogens is 1. The molecule has 0 aliphatic heterocycles. The number of hydrogen-bond acceptors (Lipinski definition) is 2. The Morgan fingerprint density at radius 3 is 2.53 bits per heavy atom. The van der Waals surface area contributed by atoms with Gasteiger partial charge in [-0.25, -0.2) is 0 Å². The second-order valence-corrected chi connectivity index (χ2v) is 5.74. The highest BCUT2D eigenvalue weighted by Gasteiger charge is 2.26. The van der Waals surface area contributed by atoms with Crippen LogP contribution in [0.5, 0.6) is 0 Å². The third-order valence-electron chi connectivity index (χ3n) is 3.27. The number of nitrogens with two attached hydrogens (primary N) is 1. The summed E-state index contributed by atoms with van der Waals surface area (Å²) in [6.07, 6.45) is 3.60. The quantitative estimate of drug-likeness (QED) is 0.870. The van der Waals surface area contributed by atoms with Crippen LogP contribution in [0.15, 0.2) is 28.7 Å². The SMILES string of the molecule is CCC(N)C(OCC1CC1)c1ccc(Br)cc1. The Labute approximate surface area is 112 Å². The van der Waals surface area contributed by atoms with Crippen LogP contribution in [-0.2, 0) is 4.74 Å². The van der Waals surface area contributed by atoms with Gasteiger partial charge in [0.05, 0.1) is 12.7 Å². The van der Waals surface area contributed by atoms with Gasteiger partial charge in [0.1, 0.15) is 0 Å². The summed E-state index contributed by atoms with van der Waals surface area (Å²) in [6, 6.07) is 8.36. The van der Waals surface area contributed by atoms with Gasteiger partial charge in [0.2, 0.25) is 0 Å². The van der Waals surface area contributed by atoms with E-state index in [0.29, 0.717) is 0 Å². The minimum Gasteiger partial charge on any atom is -0.372 e. The van der Waals surface area contributed by atoms with Gasteiger partial charge < -0.3 is 10.5 Å². The van der Waals surface area contributed by atoms with Crippen molar-refractivity contribution in [2.75, 3.05) is 6.61 Å². The lowest BCUT2D eigenvalue weighted by Gasteiger charge is -2.24. The zero-order valence-electron chi connectivity index (χ0n) is 10.2. The van der Waals surface area contributed by atoms with Crippen molar-refractivity contribution in [3.8, 4) is 0 Å². The second kappa shape index (κ2) is 5.98. The topological polar surface area (TPSA) is 35.2 Å². The van der Waals surface area contributed by atoms with Crippen LogP contribution >= 0.6 is 15.9 Å². The Kier molecular flexibility index (Phi) is 4.60. The molecule has 1 aromatic rings. The van der Waals surface area contributed by atoms with Crippen molar-refractivity contribution in [1.29, 1.82) is 0 Å². The van der Waals surface area contributed by atoms with E-state index in [1.807, 2.05) is 12.1 Å². The molecule has 0 heterocycles. The van der Waals surface area contributed by atoms with Crippen molar-refractivity contribution in [3.05, 3.63) is 34.3 Å². The Morgan fingerprint density at radius 2 is 2.00 bits per heavy atom. The third kappa shape index (κ3) is 3.80. The molecule has 0 aromatic heterocycles. The van der Waals surface area contributed by atoms with Gasteiger partial charge in [0, 0.05) is 10.5 Å². The fraction of sp³-hybridized carbons (Fsp3) is 0.571. The first-order valence-electron chi connectivity index (χ1n) is 6.33. The standard InChI is InChI=1S/C14H20BrNO/c1-2-13(16)14(17-9-10-3-4-10)11-5-7-12(15)8-6-11/h5-8,10,13-14H,2-4,9,16H2,1H3. The van der Waals surface area contributed by atoms with E-state index in [9.17, 15) is 0 Å². The molecule has 0 radical (unpaired) electrons. The van der Waals surface area contributed by atoms with Gasteiger partial charge in [-0.05, 0) is 42.9 Å². The molecule has 2 unspecified atom stereocenters. The van der Waals surface area contributed by atoms with Gasteiger partial charge in [-0.2, -0.15) is 0 Å². The lowest BCUT2D eigenvalue weighted by Crippen LogP contribution is -2.30. The van der Waals surface area contributed by atoms with Crippen molar-refractivity contribution in [2.45, 2.75) is 38.3 Å². The molecule has 0 spiro atoms. The number of rotatable bonds is 6. The normalized spacial score (nSPS) is 19.0. The van der Waals surface area contributed by atoms with Crippen LogP contribution in [0.3, 0.4) is 0 Å². The maximum Gasteiger partial charge on any atom is 0.0975 e. The van der Waals surface area contributed by atoms with Crippen LogP contribution < -0.4 is 5.73 Å². The third-order valence-corrected chi connectivity index (χ3v) is 3.80. The zero-order valence-corrected chi connectivity index (χ0v) is 11.8. The zero-order chi connectivity index (χ0) is 12.3. The predicted octanol–water partition coefficient (Wildman–Crippen LogP) is 3.65. The summed E-state index contributed by atoms with van der Waals surface area (Å²) in [7, 11) is 0. The number of ether oxygens (including phenoxy) is 1. The molecule has 0 saturated heterocycles. The molecule has 3 heteroatoms. The van der Waals surface area contributed by atoms with Crippen LogP contribution in [0.2, 0.25) is 0 Å². The van der Waals surface area contributed by atoms with Crippen molar-refractivity contribution >= 4 is 15.9 Å². The fourth-order valence-corrected chi connectivity index (χ4v) is 2.12. The first-order valence-corrected chi connectivity index (χ1v) is 7.12. The van der Waals surface area contributed by atoms with Gasteiger partial charge in [-0.15, -0.1) is 0 Å². The van der Waals surface area contributed by atoms with Crippen molar-refractivity contribution in [3.63, 3.8) is 0 Å². The lowest BCUT2D eigenvalue weighted by atomic mass is 10.0. The van der Waals surface area contributed by atoms with Gasteiger partial charge >= 0.3 is 0 Å². The molecule has 1 aromatic carbocycles. The van der Waals surface area contributed by atoms with Gasteiger partial charge in [-0.1, -0.05) is 35.0 Å². The van der Waals surface area contributed by atoms with Crippen LogP contribution in [0.1, 0.15) is 37.9 Å². The van der Waals surface area contributed by atoms with E-state index < -0.39 is 0 Å². The summed E-state index contributed by atoms with van der Waals surface area (Å²) in [6.45, 7) is 2.96. The minimum absolute atomic E-state index is 0.0358. The molecule has 2 atom stereocenters. The van der Waals surface area contributed by atoms with Gasteiger partial charge in [-0.3, -0.25) is 0 Å². The second-order valence-electron chi connectivity index (χ2n) is 4.82. The van der Waals surface area contributed by atoms with Crippen molar-refractivity contribution < 1.29 is 4.74 Å². The molecule has 2 rings (SSSR count). The molecule has 0 bridgehead atoms. The molecule has 94 valence electrons. The van der Waals surface area contributed by atoms with Crippen LogP contribution in [0.4, 0.5) is 0 Å². The molecule has 1 saturated carbocycles. The van der Waals surface area contributed by atoms with Crippen LogP contribution in [-0.4, -0.2) is 12.6 Å². The van der Waals surface area contributed by atoms with Gasteiger partial charge in [0.15, 0.2) is 0 Å². The molecule has 17 heavy (non-hydrogen) atoms. The summed E-state index contributed by atoms with van der Waals surface area (Å²) in [5.41, 5.74) is 7.34. The number of benzene rings is 1. The highest BCUT2D eigenvalue weighted by molar-refractivity contribution is 9.10. The first-order chi connectivity index (χ1) is 8.20. The van der Waals surface area contributed by atoms with E-state index >= 15 is 0 Å². The van der Waals surface area contributed by atoms with Crippen molar-refractivity contribution in [2.24, 2.45) is 11.7 Å². The monoisotopic (exact) mass is 297 g/mol. The molecular weight excluding hydrogens is 278 g/mol. The van der Waals surface area contributed by atoms with E-state index in [1.54, 1.807) is 0 Å². The molecule has 2 N–H and O–H groups in total. The largest absolute Gasteiger partial charge is 0.372 e. The van der Waals surface area contributed by atoms with E-state index in [1.165, 1.54) is 18.4 Å². The molecule has 1 fully saturated rings. The molecule has 1 aliphatic rings. The Balaban J connectivity index is 2.04. The smallest absolute Gasteiger partial charge is 0.0975 e. The molecule has 0 amide bonds. The predicted molar refractivity (Wildman–Crippen MR) is 73.8 cm³/mol. The average Bonchev–Trinajstić information content (AvgIpc) is 3.15. The Morgan fingerprint density at radius 1 is 1.35 bits per heavy atom. The van der Waals surface area contributed by atoms with E-state index in [0.717, 1.165) is 23.4 Å². The molecule has 1 aliphatic carbocycles. The summed E-state index contributed by atoms with van der Waals surface area (Å²) >= 11 is 3.45. The highest BCUT2D eigenvalue weighted by Crippen LogP contribution is 2.32. The summed E-state index contributed by atoms with van der Waals surface area (Å²) < 4.78 is 7.09. The van der Waals surface area contributed by atoms with Gasteiger partial charge in [0.25, 0.3) is 0 Å². The highest BCUT2D eigenvalue weighted by atomic mass is 79.9. The first kappa shape index (κ1) is 13.1. The van der Waals surface area contributed by atoms with E-state index in [-0.39, 0.29) is 12.1 Å². The lowest BCUT2D eigenvalue weighted by molar-refractivity contribution is 0.0268. The van der Waals surface area contributed by atoms with Crippen molar-refractivity contribution in [1.82, 2.24) is 0 Å². The molecular formula is C14H20BrNO. The minimum atomic E-state index is 0.0358. The van der Waals surface area contributed by atoms with E-state index in [4.69, 9.17) is 10.5 Å². The Hall–Kier alpha value is -0.380. The molecule has 2 nitrogen and oxygen atoms in total. The maximum atomic E-state index is 6.16. The number of hydrogen-bond donors (Lipinski definition) is 1.